The highest BCUT2D eigenvalue weighted by Crippen LogP contribution is 2.56. The van der Waals surface area contributed by atoms with Gasteiger partial charge in [0.25, 0.3) is 0 Å². The van der Waals surface area contributed by atoms with E-state index in [1.807, 2.05) is 11.8 Å². The van der Waals surface area contributed by atoms with Crippen LogP contribution in [0.5, 0.6) is 0 Å². The van der Waals surface area contributed by atoms with E-state index in [2.05, 4.69) is 6.92 Å². The third-order valence-corrected chi connectivity index (χ3v) is 4.99. The summed E-state index contributed by atoms with van der Waals surface area (Å²) in [5.74, 6) is -0.0119. The smallest absolute Gasteiger partial charge is 0.312 e. The highest BCUT2D eigenvalue weighted by Gasteiger charge is 2.53. The van der Waals surface area contributed by atoms with Gasteiger partial charge >= 0.3 is 5.97 Å². The van der Waals surface area contributed by atoms with Gasteiger partial charge in [-0.3, -0.25) is 4.79 Å². The van der Waals surface area contributed by atoms with Crippen molar-refractivity contribution in [1.29, 1.82) is 0 Å². The van der Waals surface area contributed by atoms with Crippen LogP contribution in [0.3, 0.4) is 0 Å². The number of carbonyl (C=O) groups is 1. The minimum absolute atomic E-state index is 0.0119. The molecule has 2 aliphatic rings. The van der Waals surface area contributed by atoms with Gasteiger partial charge in [-0.05, 0) is 26.2 Å². The minimum Gasteiger partial charge on any atom is -0.469 e. The molecule has 0 aliphatic carbocycles. The number of fused-ring (bicyclic) bond motifs is 2. The lowest BCUT2D eigenvalue weighted by molar-refractivity contribution is -0.152. The number of methoxy groups -OCH3 is 1. The first-order chi connectivity index (χ1) is 5.66. The molecule has 2 heterocycles. The van der Waals surface area contributed by atoms with E-state index in [1.54, 1.807) is 0 Å². The lowest BCUT2D eigenvalue weighted by Crippen LogP contribution is -2.37. The third-order valence-electron chi connectivity index (χ3n) is 3.12. The second-order valence-electron chi connectivity index (χ2n) is 3.94. The van der Waals surface area contributed by atoms with Crippen LogP contribution in [-0.2, 0) is 9.53 Å². The molecule has 2 nitrogen and oxygen atoms in total. The fourth-order valence-electron chi connectivity index (χ4n) is 2.38. The van der Waals surface area contributed by atoms with Gasteiger partial charge in [0.15, 0.2) is 0 Å². The van der Waals surface area contributed by atoms with Gasteiger partial charge in [-0.25, -0.2) is 0 Å². The summed E-state index contributed by atoms with van der Waals surface area (Å²) >= 11 is 1.98. The molecule has 68 valence electrons. The second-order valence-corrected chi connectivity index (χ2v) is 5.45. The molecule has 0 amide bonds. The molecule has 3 atom stereocenters. The summed E-state index contributed by atoms with van der Waals surface area (Å²) in [6, 6.07) is 0. The highest BCUT2D eigenvalue weighted by atomic mass is 32.2. The number of thioether (sulfide) groups is 1. The molecule has 0 N–H and O–H groups in total. The van der Waals surface area contributed by atoms with Crippen LogP contribution in [0.2, 0.25) is 0 Å². The van der Waals surface area contributed by atoms with Crippen molar-refractivity contribution in [1.82, 2.24) is 0 Å². The lowest BCUT2D eigenvalue weighted by Gasteiger charge is -2.29. The SMILES string of the molecule is COC(=O)C1(C)CC2CCC1S2. The molecule has 0 saturated carbocycles. The van der Waals surface area contributed by atoms with Crippen molar-refractivity contribution in [2.24, 2.45) is 5.41 Å². The Bertz CT molecular complexity index is 217. The Labute approximate surface area is 77.0 Å². The van der Waals surface area contributed by atoms with Crippen LogP contribution in [0, 0.1) is 5.41 Å². The van der Waals surface area contributed by atoms with Crippen molar-refractivity contribution in [3.63, 3.8) is 0 Å². The van der Waals surface area contributed by atoms with Crippen LogP contribution in [0.1, 0.15) is 26.2 Å². The van der Waals surface area contributed by atoms with Gasteiger partial charge in [0, 0.05) is 10.5 Å². The van der Waals surface area contributed by atoms with Gasteiger partial charge in [-0.15, -0.1) is 0 Å². The molecule has 3 heteroatoms. The van der Waals surface area contributed by atoms with Crippen molar-refractivity contribution in [3.05, 3.63) is 0 Å². The molecule has 0 aromatic carbocycles. The molecule has 0 spiro atoms. The fraction of sp³-hybridized carbons (Fsp3) is 0.889. The maximum Gasteiger partial charge on any atom is 0.312 e. The summed E-state index contributed by atoms with van der Waals surface area (Å²) in [7, 11) is 1.49. The van der Waals surface area contributed by atoms with Crippen molar-refractivity contribution in [3.8, 4) is 0 Å². The monoisotopic (exact) mass is 186 g/mol. The molecule has 0 aromatic heterocycles. The molecule has 2 bridgehead atoms. The highest BCUT2D eigenvalue weighted by molar-refractivity contribution is 8.01. The van der Waals surface area contributed by atoms with E-state index in [-0.39, 0.29) is 11.4 Å². The van der Waals surface area contributed by atoms with E-state index >= 15 is 0 Å². The van der Waals surface area contributed by atoms with Crippen LogP contribution < -0.4 is 0 Å². The Hall–Kier alpha value is -0.180. The van der Waals surface area contributed by atoms with Crippen LogP contribution >= 0.6 is 11.8 Å². The average molecular weight is 186 g/mol. The molecular weight excluding hydrogens is 172 g/mol. The second kappa shape index (κ2) is 2.66. The number of esters is 1. The van der Waals surface area contributed by atoms with Gasteiger partial charge in [0.1, 0.15) is 0 Å². The first-order valence-corrected chi connectivity index (χ1v) is 5.35. The summed E-state index contributed by atoms with van der Waals surface area (Å²) in [6.45, 7) is 2.05. The van der Waals surface area contributed by atoms with Crippen LogP contribution in [0.25, 0.3) is 0 Å². The molecule has 12 heavy (non-hydrogen) atoms. The van der Waals surface area contributed by atoms with E-state index in [0.29, 0.717) is 5.25 Å². The normalized spacial score (nSPS) is 44.8. The Morgan fingerprint density at radius 1 is 1.58 bits per heavy atom. The van der Waals surface area contributed by atoms with E-state index in [9.17, 15) is 4.79 Å². The quantitative estimate of drug-likeness (QED) is 0.584. The maximum absolute atomic E-state index is 11.5. The molecule has 2 aliphatic heterocycles. The van der Waals surface area contributed by atoms with Gasteiger partial charge in [0.05, 0.1) is 12.5 Å². The molecule has 2 rings (SSSR count). The number of ether oxygens (including phenoxy) is 1. The fourth-order valence-corrected chi connectivity index (χ4v) is 4.32. The number of carbonyl (C=O) groups excluding carboxylic acids is 1. The predicted molar refractivity (Wildman–Crippen MR) is 49.1 cm³/mol. The van der Waals surface area contributed by atoms with Crippen molar-refractivity contribution < 1.29 is 9.53 Å². The Balaban J connectivity index is 2.17. The average Bonchev–Trinajstić information content (AvgIpc) is 2.62. The van der Waals surface area contributed by atoms with Gasteiger partial charge < -0.3 is 4.74 Å². The largest absolute Gasteiger partial charge is 0.469 e. The van der Waals surface area contributed by atoms with Crippen molar-refractivity contribution >= 4 is 17.7 Å². The molecule has 2 fully saturated rings. The Kier molecular flexibility index (Phi) is 1.86. The summed E-state index contributed by atoms with van der Waals surface area (Å²) in [6.07, 6.45) is 3.51. The lowest BCUT2D eigenvalue weighted by atomic mass is 9.76. The number of hydrogen-bond donors (Lipinski definition) is 0. The maximum atomic E-state index is 11.5. The zero-order valence-electron chi connectivity index (χ0n) is 7.50. The van der Waals surface area contributed by atoms with Crippen molar-refractivity contribution in [2.75, 3.05) is 7.11 Å². The van der Waals surface area contributed by atoms with Crippen LogP contribution in [0.4, 0.5) is 0 Å². The first kappa shape index (κ1) is 8.42. The Morgan fingerprint density at radius 3 is 2.75 bits per heavy atom. The van der Waals surface area contributed by atoms with E-state index in [1.165, 1.54) is 20.0 Å². The topological polar surface area (TPSA) is 26.3 Å². The number of rotatable bonds is 1. The first-order valence-electron chi connectivity index (χ1n) is 4.40. The zero-order chi connectivity index (χ0) is 8.77. The summed E-state index contributed by atoms with van der Waals surface area (Å²) < 4.78 is 4.84. The molecule has 3 unspecified atom stereocenters. The predicted octanol–water partition coefficient (Wildman–Crippen LogP) is 1.83. The van der Waals surface area contributed by atoms with Gasteiger partial charge in [-0.2, -0.15) is 11.8 Å². The summed E-state index contributed by atoms with van der Waals surface area (Å²) in [5, 5.41) is 1.24. The van der Waals surface area contributed by atoms with E-state index < -0.39 is 0 Å². The summed E-state index contributed by atoms with van der Waals surface area (Å²) in [5.41, 5.74) is -0.178. The Morgan fingerprint density at radius 2 is 2.33 bits per heavy atom. The standard InChI is InChI=1S/C9H14O2S/c1-9(8(10)11-2)5-6-3-4-7(9)12-6/h6-7H,3-5H2,1-2H3. The van der Waals surface area contributed by atoms with Gasteiger partial charge in [-0.1, -0.05) is 0 Å². The van der Waals surface area contributed by atoms with E-state index in [0.717, 1.165) is 11.7 Å². The van der Waals surface area contributed by atoms with Crippen LogP contribution in [-0.4, -0.2) is 23.6 Å². The molecule has 2 saturated heterocycles. The molecule has 0 aromatic rings. The summed E-state index contributed by atoms with van der Waals surface area (Å²) in [4.78, 5) is 11.5. The van der Waals surface area contributed by atoms with E-state index in [4.69, 9.17) is 4.74 Å². The zero-order valence-corrected chi connectivity index (χ0v) is 8.32. The van der Waals surface area contributed by atoms with Crippen LogP contribution in [0.15, 0.2) is 0 Å². The molecule has 0 radical (unpaired) electrons. The van der Waals surface area contributed by atoms with Crippen molar-refractivity contribution in [2.45, 2.75) is 36.7 Å². The third kappa shape index (κ3) is 0.987. The number of hydrogen-bond acceptors (Lipinski definition) is 3. The van der Waals surface area contributed by atoms with Gasteiger partial charge in [0.2, 0.25) is 0 Å². The minimum atomic E-state index is -0.178. The molecular formula is C9H14O2S.